The van der Waals surface area contributed by atoms with Gasteiger partial charge in [-0.05, 0) is 32.1 Å². The van der Waals surface area contributed by atoms with Gasteiger partial charge in [0.2, 0.25) is 5.91 Å². The number of hydrogen-bond acceptors (Lipinski definition) is 4. The number of hydrogen-bond donors (Lipinski definition) is 1. The summed E-state index contributed by atoms with van der Waals surface area (Å²) in [7, 11) is 1.34. The van der Waals surface area contributed by atoms with E-state index in [-0.39, 0.29) is 11.9 Å². The van der Waals surface area contributed by atoms with E-state index in [2.05, 4.69) is 11.9 Å². The van der Waals surface area contributed by atoms with Crippen molar-refractivity contribution >= 4 is 11.9 Å². The predicted molar refractivity (Wildman–Crippen MR) is 80.8 cm³/mol. The minimum absolute atomic E-state index is 0.199. The van der Waals surface area contributed by atoms with Gasteiger partial charge in [0.25, 0.3) is 0 Å². The van der Waals surface area contributed by atoms with Crippen molar-refractivity contribution in [3.05, 3.63) is 12.7 Å². The summed E-state index contributed by atoms with van der Waals surface area (Å²) in [5, 5.41) is 2.76. The van der Waals surface area contributed by atoms with Crippen LogP contribution in [0.2, 0.25) is 0 Å². The number of rotatable bonds is 10. The first-order valence-electron chi connectivity index (χ1n) is 7.79. The molecular weight excluding hydrogens is 270 g/mol. The zero-order valence-corrected chi connectivity index (χ0v) is 12.9. The molecule has 1 aliphatic rings. The maximum Gasteiger partial charge on any atom is 0.328 e. The van der Waals surface area contributed by atoms with E-state index in [1.165, 1.54) is 7.11 Å². The highest BCUT2D eigenvalue weighted by molar-refractivity contribution is 5.87. The molecule has 5 heteroatoms. The Labute approximate surface area is 127 Å². The van der Waals surface area contributed by atoms with Crippen LogP contribution >= 0.6 is 0 Å². The van der Waals surface area contributed by atoms with Gasteiger partial charge in [0.05, 0.1) is 7.11 Å². The van der Waals surface area contributed by atoms with Crippen molar-refractivity contribution in [2.24, 2.45) is 0 Å². The molecule has 1 N–H and O–H groups in total. The van der Waals surface area contributed by atoms with Crippen LogP contribution in [0.3, 0.4) is 0 Å². The van der Waals surface area contributed by atoms with Crippen molar-refractivity contribution in [3.63, 3.8) is 0 Å². The molecule has 0 aromatic carbocycles. The Morgan fingerprint density at radius 1 is 1.38 bits per heavy atom. The molecule has 1 fully saturated rings. The smallest absolute Gasteiger partial charge is 0.328 e. The van der Waals surface area contributed by atoms with Gasteiger partial charge in [0.15, 0.2) is 0 Å². The average molecular weight is 297 g/mol. The summed E-state index contributed by atoms with van der Waals surface area (Å²) in [4.78, 5) is 23.7. The lowest BCUT2D eigenvalue weighted by Gasteiger charge is -2.18. The molecule has 120 valence electrons. The van der Waals surface area contributed by atoms with Crippen molar-refractivity contribution in [2.75, 3.05) is 13.7 Å². The van der Waals surface area contributed by atoms with E-state index in [1.54, 1.807) is 0 Å². The van der Waals surface area contributed by atoms with Crippen molar-refractivity contribution in [2.45, 2.75) is 63.5 Å². The van der Waals surface area contributed by atoms with Gasteiger partial charge in [-0.15, -0.1) is 6.58 Å². The van der Waals surface area contributed by atoms with Crippen molar-refractivity contribution in [1.29, 1.82) is 0 Å². The van der Waals surface area contributed by atoms with Gasteiger partial charge in [-0.1, -0.05) is 25.3 Å². The second-order valence-electron chi connectivity index (χ2n) is 5.37. The normalized spacial score (nSPS) is 19.0. The molecule has 0 radical (unpaired) electrons. The number of methoxy groups -OCH3 is 1. The van der Waals surface area contributed by atoms with E-state index in [1.807, 2.05) is 6.08 Å². The van der Waals surface area contributed by atoms with Crippen LogP contribution in [0.4, 0.5) is 0 Å². The van der Waals surface area contributed by atoms with Gasteiger partial charge >= 0.3 is 5.97 Å². The van der Waals surface area contributed by atoms with E-state index in [0.717, 1.165) is 44.9 Å². The molecule has 21 heavy (non-hydrogen) atoms. The summed E-state index contributed by atoms with van der Waals surface area (Å²) in [5.74, 6) is -0.581. The quantitative estimate of drug-likeness (QED) is 0.382. The van der Waals surface area contributed by atoms with Crippen LogP contribution < -0.4 is 5.32 Å². The van der Waals surface area contributed by atoms with Crippen LogP contribution in [0.1, 0.15) is 51.4 Å². The Morgan fingerprint density at radius 3 is 2.76 bits per heavy atom. The highest BCUT2D eigenvalue weighted by Gasteiger charge is 2.28. The lowest BCUT2D eigenvalue weighted by molar-refractivity contribution is -0.146. The van der Waals surface area contributed by atoms with Gasteiger partial charge < -0.3 is 14.8 Å². The first-order chi connectivity index (χ1) is 10.2. The summed E-state index contributed by atoms with van der Waals surface area (Å²) in [6, 6.07) is -0.564. The largest absolute Gasteiger partial charge is 0.467 e. The van der Waals surface area contributed by atoms with Crippen LogP contribution in [0.25, 0.3) is 0 Å². The summed E-state index contributed by atoms with van der Waals surface area (Å²) in [6.45, 7) is 4.31. The van der Waals surface area contributed by atoms with Crippen molar-refractivity contribution < 1.29 is 19.1 Å². The van der Waals surface area contributed by atoms with Gasteiger partial charge in [-0.3, -0.25) is 4.79 Å². The van der Waals surface area contributed by atoms with Gasteiger partial charge in [-0.25, -0.2) is 4.79 Å². The molecular formula is C16H27NO4. The average Bonchev–Trinajstić information content (AvgIpc) is 3.03. The first kappa shape index (κ1) is 17.7. The zero-order chi connectivity index (χ0) is 15.5. The molecule has 1 saturated heterocycles. The highest BCUT2D eigenvalue weighted by Crippen LogP contribution is 2.13. The Kier molecular flexibility index (Phi) is 8.74. The predicted octanol–water partition coefficient (Wildman–Crippen LogP) is 2.35. The third kappa shape index (κ3) is 6.76. The maximum atomic E-state index is 12.0. The molecule has 0 bridgehead atoms. The van der Waals surface area contributed by atoms with Crippen LogP contribution in [0.5, 0.6) is 0 Å². The van der Waals surface area contributed by atoms with Gasteiger partial charge in [0, 0.05) is 6.61 Å². The summed E-state index contributed by atoms with van der Waals surface area (Å²) < 4.78 is 10.1. The molecule has 0 saturated carbocycles. The Bertz CT molecular complexity index is 337. The van der Waals surface area contributed by atoms with Crippen LogP contribution in [-0.2, 0) is 19.1 Å². The third-order valence-electron chi connectivity index (χ3n) is 3.68. The molecule has 0 aromatic rings. The Balaban J connectivity index is 2.31. The van der Waals surface area contributed by atoms with Crippen LogP contribution in [-0.4, -0.2) is 37.7 Å². The lowest BCUT2D eigenvalue weighted by Crippen LogP contribution is -2.45. The molecule has 1 aliphatic heterocycles. The minimum atomic E-state index is -0.564. The molecule has 5 nitrogen and oxygen atoms in total. The summed E-state index contributed by atoms with van der Waals surface area (Å²) in [6.07, 6.45) is 8.92. The SMILES string of the molecule is C=CCCCCCC[C@H](NC(=O)[C@H]1CCCO1)C(=O)OC. The topological polar surface area (TPSA) is 64.6 Å². The monoisotopic (exact) mass is 297 g/mol. The summed E-state index contributed by atoms with van der Waals surface area (Å²) >= 11 is 0. The van der Waals surface area contributed by atoms with Crippen molar-refractivity contribution in [3.8, 4) is 0 Å². The molecule has 2 atom stereocenters. The number of unbranched alkanes of at least 4 members (excludes halogenated alkanes) is 4. The number of allylic oxidation sites excluding steroid dienone is 1. The molecule has 1 amide bonds. The van der Waals surface area contributed by atoms with E-state index in [9.17, 15) is 9.59 Å². The van der Waals surface area contributed by atoms with E-state index >= 15 is 0 Å². The fraction of sp³-hybridized carbons (Fsp3) is 0.750. The maximum absolute atomic E-state index is 12.0. The van der Waals surface area contributed by atoms with Gasteiger partial charge in [-0.2, -0.15) is 0 Å². The third-order valence-corrected chi connectivity index (χ3v) is 3.68. The Hall–Kier alpha value is -1.36. The van der Waals surface area contributed by atoms with Crippen molar-refractivity contribution in [1.82, 2.24) is 5.32 Å². The molecule has 0 spiro atoms. The first-order valence-corrected chi connectivity index (χ1v) is 7.79. The number of nitrogens with one attached hydrogen (secondary N) is 1. The Morgan fingerprint density at radius 2 is 2.14 bits per heavy atom. The number of carbonyl (C=O) groups is 2. The van der Waals surface area contributed by atoms with E-state index < -0.39 is 12.1 Å². The number of amides is 1. The fourth-order valence-electron chi connectivity index (χ4n) is 2.43. The minimum Gasteiger partial charge on any atom is -0.467 e. The standard InChI is InChI=1S/C16H27NO4/c1-3-4-5-6-7-8-10-13(16(19)20-2)17-15(18)14-11-9-12-21-14/h3,13-14H,1,4-12H2,2H3,(H,17,18)/t13-,14+/m0/s1. The second-order valence-corrected chi connectivity index (χ2v) is 5.37. The number of carbonyl (C=O) groups excluding carboxylic acids is 2. The molecule has 0 unspecified atom stereocenters. The number of ether oxygens (including phenoxy) is 2. The lowest BCUT2D eigenvalue weighted by atomic mass is 10.1. The van der Waals surface area contributed by atoms with Crippen LogP contribution in [0.15, 0.2) is 12.7 Å². The fourth-order valence-corrected chi connectivity index (χ4v) is 2.43. The highest BCUT2D eigenvalue weighted by atomic mass is 16.5. The molecule has 0 aliphatic carbocycles. The molecule has 1 heterocycles. The second kappa shape index (κ2) is 10.4. The molecule has 1 rings (SSSR count). The zero-order valence-electron chi connectivity index (χ0n) is 12.9. The van der Waals surface area contributed by atoms with E-state index in [4.69, 9.17) is 9.47 Å². The summed E-state index contributed by atoms with van der Waals surface area (Å²) in [5.41, 5.74) is 0. The van der Waals surface area contributed by atoms with E-state index in [0.29, 0.717) is 13.0 Å². The number of esters is 1. The van der Waals surface area contributed by atoms with Crippen LogP contribution in [0, 0.1) is 0 Å². The molecule has 0 aromatic heterocycles. The van der Waals surface area contributed by atoms with Gasteiger partial charge in [0.1, 0.15) is 12.1 Å².